The number of carbonyl (C=O) groups excluding carboxylic acids is 2. The van der Waals surface area contributed by atoms with Gasteiger partial charge in [0, 0.05) is 36.7 Å². The molecule has 1 aromatic heterocycles. The fraction of sp³-hybridized carbons (Fsp3) is 0.240. The topological polar surface area (TPSA) is 133 Å². The fourth-order valence-corrected chi connectivity index (χ4v) is 3.89. The lowest BCUT2D eigenvalue weighted by Crippen LogP contribution is -2.32. The van der Waals surface area contributed by atoms with E-state index in [2.05, 4.69) is 20.9 Å². The number of nitrogens with one attached hydrogen (secondary N) is 3. The third-order valence-electron chi connectivity index (χ3n) is 5.66. The van der Waals surface area contributed by atoms with Crippen LogP contribution in [0.15, 0.2) is 66.9 Å². The summed E-state index contributed by atoms with van der Waals surface area (Å²) in [5.41, 5.74) is 8.46. The van der Waals surface area contributed by atoms with Crippen molar-refractivity contribution in [3.8, 4) is 0 Å². The molecule has 1 atom stereocenters. The molecule has 1 aliphatic rings. The van der Waals surface area contributed by atoms with Crippen LogP contribution < -0.4 is 21.7 Å². The molecule has 0 radical (unpaired) electrons. The number of hydrogen-bond donors (Lipinski definition) is 5. The Kier molecular flexibility index (Phi) is 7.24. The Morgan fingerprint density at radius 1 is 1.03 bits per heavy atom. The van der Waals surface area contributed by atoms with E-state index < -0.39 is 11.9 Å². The van der Waals surface area contributed by atoms with Crippen molar-refractivity contribution in [2.24, 2.45) is 5.73 Å². The molecule has 176 valence electrons. The van der Waals surface area contributed by atoms with Crippen molar-refractivity contribution in [1.82, 2.24) is 9.88 Å². The Bertz CT molecular complexity index is 1150. The van der Waals surface area contributed by atoms with Gasteiger partial charge >= 0.3 is 6.03 Å². The highest BCUT2D eigenvalue weighted by atomic mass is 16.3. The van der Waals surface area contributed by atoms with Crippen molar-refractivity contribution >= 4 is 34.8 Å². The Labute approximate surface area is 198 Å². The molecule has 2 aromatic carbocycles. The van der Waals surface area contributed by atoms with Crippen molar-refractivity contribution in [2.45, 2.75) is 18.9 Å². The number of nitrogens with zero attached hydrogens (tertiary/aromatic N) is 2. The summed E-state index contributed by atoms with van der Waals surface area (Å²) in [5.74, 6) is -0.154. The highest BCUT2D eigenvalue weighted by Crippen LogP contribution is 2.27. The number of anilines is 4. The lowest BCUT2D eigenvalue weighted by Gasteiger charge is -2.20. The first kappa shape index (κ1) is 23.1. The number of aliphatic hydroxyl groups excluding tert-OH is 1. The van der Waals surface area contributed by atoms with Gasteiger partial charge in [-0.3, -0.25) is 4.79 Å². The fourth-order valence-electron chi connectivity index (χ4n) is 3.89. The van der Waals surface area contributed by atoms with Gasteiger partial charge in [-0.25, -0.2) is 9.78 Å². The van der Waals surface area contributed by atoms with E-state index in [-0.39, 0.29) is 18.2 Å². The summed E-state index contributed by atoms with van der Waals surface area (Å²) in [5, 5.41) is 19.2. The summed E-state index contributed by atoms with van der Waals surface area (Å²) in [6.07, 6.45) is 3.45. The monoisotopic (exact) mass is 460 g/mol. The van der Waals surface area contributed by atoms with Crippen molar-refractivity contribution in [1.29, 1.82) is 0 Å². The van der Waals surface area contributed by atoms with Crippen LogP contribution in [0.5, 0.6) is 0 Å². The van der Waals surface area contributed by atoms with Gasteiger partial charge in [0.05, 0.1) is 23.9 Å². The molecule has 0 aliphatic carbocycles. The number of urea groups is 1. The van der Waals surface area contributed by atoms with E-state index >= 15 is 0 Å². The number of aromatic nitrogens is 1. The number of hydrogen-bond acceptors (Lipinski definition) is 6. The van der Waals surface area contributed by atoms with Crippen LogP contribution in [0, 0.1) is 0 Å². The molecule has 1 saturated heterocycles. The number of rotatable bonds is 8. The average molecular weight is 461 g/mol. The zero-order valence-electron chi connectivity index (χ0n) is 18.7. The van der Waals surface area contributed by atoms with Gasteiger partial charge in [0.1, 0.15) is 5.82 Å². The summed E-state index contributed by atoms with van der Waals surface area (Å²) in [4.78, 5) is 30.5. The van der Waals surface area contributed by atoms with Crippen molar-refractivity contribution in [3.05, 3.63) is 78.0 Å². The predicted molar refractivity (Wildman–Crippen MR) is 132 cm³/mol. The first-order valence-electron chi connectivity index (χ1n) is 11.2. The van der Waals surface area contributed by atoms with E-state index in [1.54, 1.807) is 11.0 Å². The van der Waals surface area contributed by atoms with Gasteiger partial charge < -0.3 is 31.7 Å². The molecule has 0 spiro atoms. The normalized spacial score (nSPS) is 13.9. The summed E-state index contributed by atoms with van der Waals surface area (Å²) < 4.78 is 0. The lowest BCUT2D eigenvalue weighted by atomic mass is 10.1. The molecule has 9 heteroatoms. The molecule has 1 fully saturated rings. The molecule has 3 aromatic rings. The zero-order valence-corrected chi connectivity index (χ0v) is 18.7. The zero-order chi connectivity index (χ0) is 23.9. The highest BCUT2D eigenvalue weighted by Gasteiger charge is 2.18. The number of amides is 3. The third-order valence-corrected chi connectivity index (χ3v) is 5.66. The minimum absolute atomic E-state index is 0.110. The van der Waals surface area contributed by atoms with E-state index in [1.165, 1.54) is 6.20 Å². The van der Waals surface area contributed by atoms with Crippen LogP contribution in [0.4, 0.5) is 27.7 Å². The van der Waals surface area contributed by atoms with Gasteiger partial charge in [-0.15, -0.1) is 0 Å². The number of carbonyl (C=O) groups is 2. The van der Waals surface area contributed by atoms with Crippen molar-refractivity contribution in [3.63, 3.8) is 0 Å². The Balaban J connectivity index is 1.52. The number of benzene rings is 2. The van der Waals surface area contributed by atoms with E-state index in [1.807, 2.05) is 54.6 Å². The smallest absolute Gasteiger partial charge is 0.321 e. The molecule has 0 saturated carbocycles. The van der Waals surface area contributed by atoms with Gasteiger partial charge in [0.15, 0.2) is 0 Å². The maximum Gasteiger partial charge on any atom is 0.321 e. The van der Waals surface area contributed by atoms with Crippen LogP contribution in [-0.4, -0.2) is 46.6 Å². The van der Waals surface area contributed by atoms with Crippen LogP contribution in [0.1, 0.15) is 34.8 Å². The van der Waals surface area contributed by atoms with E-state index in [4.69, 9.17) is 5.73 Å². The summed E-state index contributed by atoms with van der Waals surface area (Å²) in [6.45, 7) is 1.37. The summed E-state index contributed by atoms with van der Waals surface area (Å²) in [6, 6.07) is 17.9. The standard InChI is InChI=1S/C25H28N6O3/c26-24(33)20-15-27-23(14-21(20)30-22(16-32)17-7-2-1-3-8-17)28-18-9-6-10-19(13-18)29-25(34)31-11-4-5-12-31/h1-3,6-10,13-15,22,32H,4-5,11-12,16H2,(H2,26,33)(H,29,34)(H2,27,28,30). The van der Waals surface area contributed by atoms with E-state index in [0.29, 0.717) is 22.9 Å². The molecular formula is C25H28N6O3. The molecule has 34 heavy (non-hydrogen) atoms. The number of nitrogens with two attached hydrogens (primary N) is 1. The number of pyridine rings is 1. The Morgan fingerprint density at radius 2 is 1.76 bits per heavy atom. The van der Waals surface area contributed by atoms with Crippen molar-refractivity contribution in [2.75, 3.05) is 35.6 Å². The molecule has 1 aliphatic heterocycles. The Morgan fingerprint density at radius 3 is 2.47 bits per heavy atom. The van der Waals surface area contributed by atoms with Crippen LogP contribution in [0.3, 0.4) is 0 Å². The maximum atomic E-state index is 12.4. The summed E-state index contributed by atoms with van der Waals surface area (Å²) in [7, 11) is 0. The van der Waals surface area contributed by atoms with Gasteiger partial charge in [-0.2, -0.15) is 0 Å². The number of aliphatic hydroxyl groups is 1. The van der Waals surface area contributed by atoms with Crippen LogP contribution in [0.25, 0.3) is 0 Å². The number of primary amides is 1. The van der Waals surface area contributed by atoms with Gasteiger partial charge in [0.2, 0.25) is 0 Å². The molecule has 3 amide bonds. The van der Waals surface area contributed by atoms with Gasteiger partial charge in [0.25, 0.3) is 5.91 Å². The molecule has 6 N–H and O–H groups in total. The van der Waals surface area contributed by atoms with Gasteiger partial charge in [-0.05, 0) is 36.6 Å². The van der Waals surface area contributed by atoms with Crippen LogP contribution in [0.2, 0.25) is 0 Å². The molecule has 1 unspecified atom stereocenters. The van der Waals surface area contributed by atoms with Crippen LogP contribution >= 0.6 is 0 Å². The maximum absolute atomic E-state index is 12.4. The quantitative estimate of drug-likeness (QED) is 0.348. The number of likely N-dealkylation sites (tertiary alicyclic amines) is 1. The summed E-state index contributed by atoms with van der Waals surface area (Å²) >= 11 is 0. The second-order valence-corrected chi connectivity index (χ2v) is 8.10. The second kappa shape index (κ2) is 10.7. The molecule has 0 bridgehead atoms. The van der Waals surface area contributed by atoms with Gasteiger partial charge in [-0.1, -0.05) is 36.4 Å². The van der Waals surface area contributed by atoms with Crippen LogP contribution in [-0.2, 0) is 0 Å². The Hall–Kier alpha value is -4.11. The highest BCUT2D eigenvalue weighted by molar-refractivity contribution is 5.98. The van der Waals surface area contributed by atoms with E-state index in [0.717, 1.165) is 31.5 Å². The minimum atomic E-state index is -0.627. The SMILES string of the molecule is NC(=O)c1cnc(Nc2cccc(NC(=O)N3CCCC3)c2)cc1NC(CO)c1ccccc1. The molecular weight excluding hydrogens is 432 g/mol. The first-order valence-corrected chi connectivity index (χ1v) is 11.2. The van der Waals surface area contributed by atoms with E-state index in [9.17, 15) is 14.7 Å². The first-order chi connectivity index (χ1) is 16.5. The largest absolute Gasteiger partial charge is 0.394 e. The lowest BCUT2D eigenvalue weighted by molar-refractivity contribution is 0.100. The van der Waals surface area contributed by atoms with Crippen molar-refractivity contribution < 1.29 is 14.7 Å². The minimum Gasteiger partial charge on any atom is -0.394 e. The third kappa shape index (κ3) is 5.62. The molecule has 9 nitrogen and oxygen atoms in total. The average Bonchev–Trinajstić information content (AvgIpc) is 3.39. The molecule has 4 rings (SSSR count). The second-order valence-electron chi connectivity index (χ2n) is 8.10. The molecule has 2 heterocycles. The predicted octanol–water partition coefficient (Wildman–Crippen LogP) is 3.70.